The first-order chi connectivity index (χ1) is 11.7. The van der Waals surface area contributed by atoms with E-state index in [1.54, 1.807) is 0 Å². The second-order valence-electron chi connectivity index (χ2n) is 5.83. The number of ether oxygens (including phenoxy) is 2. The molecule has 0 aromatic heterocycles. The Morgan fingerprint density at radius 1 is 0.792 bits per heavy atom. The van der Waals surface area contributed by atoms with E-state index in [9.17, 15) is 4.79 Å². The maximum atomic E-state index is 12.6. The summed E-state index contributed by atoms with van der Waals surface area (Å²) >= 11 is 2.28. The third-order valence-corrected chi connectivity index (χ3v) is 5.48. The van der Waals surface area contributed by atoms with E-state index >= 15 is 0 Å². The Balaban J connectivity index is 1.96. The molecule has 24 heavy (non-hydrogen) atoms. The highest BCUT2D eigenvalue weighted by atomic mass is 127. The minimum atomic E-state index is -0.949. The van der Waals surface area contributed by atoms with Gasteiger partial charge in [0.1, 0.15) is 11.5 Å². The Labute approximate surface area is 152 Å². The lowest BCUT2D eigenvalue weighted by Crippen LogP contribution is -2.33. The fourth-order valence-electron chi connectivity index (χ4n) is 3.63. The van der Waals surface area contributed by atoms with Crippen LogP contribution in [0.25, 0.3) is 0 Å². The molecule has 3 nitrogen and oxygen atoms in total. The normalized spacial score (nSPS) is 20.0. The molecule has 1 atom stereocenters. The third kappa shape index (κ3) is 1.64. The molecule has 2 heterocycles. The lowest BCUT2D eigenvalue weighted by molar-refractivity contribution is 0.0221. The molecule has 116 valence electrons. The van der Waals surface area contributed by atoms with Crippen LogP contribution in [0.5, 0.6) is 11.5 Å². The van der Waals surface area contributed by atoms with Gasteiger partial charge in [-0.05, 0) is 46.9 Å². The predicted octanol–water partition coefficient (Wildman–Crippen LogP) is 4.86. The molecule has 0 saturated carbocycles. The van der Waals surface area contributed by atoms with Gasteiger partial charge in [0.05, 0.1) is 11.1 Å². The van der Waals surface area contributed by atoms with Crippen LogP contribution in [0.4, 0.5) is 0 Å². The molecule has 2 aliphatic heterocycles. The van der Waals surface area contributed by atoms with Crippen molar-refractivity contribution in [2.24, 2.45) is 0 Å². The average Bonchev–Trinajstić information content (AvgIpc) is 2.89. The first kappa shape index (κ1) is 14.0. The summed E-state index contributed by atoms with van der Waals surface area (Å²) in [6.07, 6.45) is 0. The minimum Gasteiger partial charge on any atom is -0.456 e. The molecule has 0 N–H and O–H groups in total. The van der Waals surface area contributed by atoms with E-state index in [0.29, 0.717) is 5.56 Å². The van der Waals surface area contributed by atoms with Crippen LogP contribution in [-0.2, 0) is 10.3 Å². The molecule has 0 radical (unpaired) electrons. The van der Waals surface area contributed by atoms with Crippen LogP contribution in [0.3, 0.4) is 0 Å². The fraction of sp³-hybridized carbons (Fsp3) is 0.0500. The molecular formula is C20H11IO3. The third-order valence-electron chi connectivity index (χ3n) is 4.59. The Morgan fingerprint density at radius 3 is 2.38 bits per heavy atom. The molecule has 4 heteroatoms. The Kier molecular flexibility index (Phi) is 2.83. The first-order valence-corrected chi connectivity index (χ1v) is 8.69. The maximum Gasteiger partial charge on any atom is 0.340 e. The number of hydrogen-bond acceptors (Lipinski definition) is 3. The van der Waals surface area contributed by atoms with Crippen molar-refractivity contribution in [1.82, 2.24) is 0 Å². The van der Waals surface area contributed by atoms with Crippen LogP contribution < -0.4 is 4.74 Å². The van der Waals surface area contributed by atoms with Crippen molar-refractivity contribution in [2.75, 3.05) is 0 Å². The number of fused-ring (bicyclic) bond motifs is 6. The number of benzene rings is 3. The molecule has 1 spiro atoms. The highest BCUT2D eigenvalue weighted by molar-refractivity contribution is 14.1. The van der Waals surface area contributed by atoms with Crippen molar-refractivity contribution >= 4 is 28.6 Å². The second kappa shape index (κ2) is 4.83. The van der Waals surface area contributed by atoms with E-state index in [-0.39, 0.29) is 5.97 Å². The zero-order valence-corrected chi connectivity index (χ0v) is 14.6. The van der Waals surface area contributed by atoms with E-state index in [1.165, 1.54) is 0 Å². The summed E-state index contributed by atoms with van der Waals surface area (Å²) in [5, 5.41) is 0. The molecule has 0 amide bonds. The number of rotatable bonds is 0. The summed E-state index contributed by atoms with van der Waals surface area (Å²) in [6, 6.07) is 21.2. The molecule has 2 aliphatic rings. The summed E-state index contributed by atoms with van der Waals surface area (Å²) in [5.74, 6) is 1.15. The smallest absolute Gasteiger partial charge is 0.340 e. The van der Waals surface area contributed by atoms with Gasteiger partial charge in [0.15, 0.2) is 5.60 Å². The van der Waals surface area contributed by atoms with Crippen molar-refractivity contribution < 1.29 is 14.3 Å². The number of hydrogen-bond donors (Lipinski definition) is 0. The van der Waals surface area contributed by atoms with Gasteiger partial charge >= 0.3 is 5.97 Å². The van der Waals surface area contributed by atoms with Crippen LogP contribution in [0.15, 0.2) is 66.7 Å². The Morgan fingerprint density at radius 2 is 1.50 bits per heavy atom. The molecule has 0 fully saturated rings. The summed E-state index contributed by atoms with van der Waals surface area (Å²) < 4.78 is 13.2. The molecule has 5 rings (SSSR count). The lowest BCUT2D eigenvalue weighted by atomic mass is 9.78. The lowest BCUT2D eigenvalue weighted by Gasteiger charge is -2.37. The van der Waals surface area contributed by atoms with Crippen molar-refractivity contribution in [1.29, 1.82) is 0 Å². The topological polar surface area (TPSA) is 35.5 Å². The molecule has 0 bridgehead atoms. The average molecular weight is 426 g/mol. The van der Waals surface area contributed by atoms with Gasteiger partial charge in [-0.15, -0.1) is 0 Å². The molecular weight excluding hydrogens is 415 g/mol. The van der Waals surface area contributed by atoms with Crippen molar-refractivity contribution in [3.8, 4) is 11.5 Å². The summed E-state index contributed by atoms with van der Waals surface area (Å²) in [4.78, 5) is 12.6. The van der Waals surface area contributed by atoms with Crippen LogP contribution in [-0.4, -0.2) is 5.97 Å². The molecule has 1 unspecified atom stereocenters. The number of para-hydroxylation sites is 1. The highest BCUT2D eigenvalue weighted by Crippen LogP contribution is 2.56. The molecule has 0 aliphatic carbocycles. The van der Waals surface area contributed by atoms with Gasteiger partial charge in [-0.2, -0.15) is 0 Å². The van der Waals surface area contributed by atoms with E-state index < -0.39 is 5.60 Å². The van der Waals surface area contributed by atoms with Gasteiger partial charge in [-0.25, -0.2) is 4.79 Å². The monoisotopic (exact) mass is 426 g/mol. The molecule has 3 aromatic rings. The number of carbonyl (C=O) groups is 1. The van der Waals surface area contributed by atoms with E-state index in [4.69, 9.17) is 9.47 Å². The summed E-state index contributed by atoms with van der Waals surface area (Å²) in [5.41, 5.74) is 2.29. The van der Waals surface area contributed by atoms with Gasteiger partial charge < -0.3 is 9.47 Å². The predicted molar refractivity (Wildman–Crippen MR) is 97.4 cm³/mol. The summed E-state index contributed by atoms with van der Waals surface area (Å²) in [7, 11) is 0. The second-order valence-corrected chi connectivity index (χ2v) is 6.99. The zero-order valence-electron chi connectivity index (χ0n) is 12.5. The van der Waals surface area contributed by atoms with Gasteiger partial charge in [0.25, 0.3) is 0 Å². The molecule has 0 saturated heterocycles. The van der Waals surface area contributed by atoms with Gasteiger partial charge in [0, 0.05) is 14.7 Å². The highest BCUT2D eigenvalue weighted by Gasteiger charge is 2.54. The van der Waals surface area contributed by atoms with Gasteiger partial charge in [0.2, 0.25) is 0 Å². The van der Waals surface area contributed by atoms with E-state index in [2.05, 4.69) is 22.6 Å². The minimum absolute atomic E-state index is 0.298. The van der Waals surface area contributed by atoms with Crippen molar-refractivity contribution in [2.45, 2.75) is 5.60 Å². The van der Waals surface area contributed by atoms with Crippen LogP contribution in [0, 0.1) is 3.57 Å². The standard InChI is InChI=1S/C20H11IO3/c21-15-9-5-11-17-18(15)20(14-8-3-4-10-16(14)23-17)13-7-2-1-6-12(13)19(22)24-20/h1-11H. The first-order valence-electron chi connectivity index (χ1n) is 7.61. The number of halogens is 1. The SMILES string of the molecule is O=C1OC2(c3ccccc3Oc3cccc(I)c32)c2ccccc21. The zero-order chi connectivity index (χ0) is 16.3. The maximum absolute atomic E-state index is 12.6. The fourth-order valence-corrected chi connectivity index (χ4v) is 4.49. The van der Waals surface area contributed by atoms with Crippen LogP contribution in [0.2, 0.25) is 0 Å². The Bertz CT molecular complexity index is 1010. The quantitative estimate of drug-likeness (QED) is 0.381. The van der Waals surface area contributed by atoms with E-state index in [0.717, 1.165) is 31.8 Å². The van der Waals surface area contributed by atoms with E-state index in [1.807, 2.05) is 66.7 Å². The van der Waals surface area contributed by atoms with Crippen LogP contribution >= 0.6 is 22.6 Å². The molecule has 3 aromatic carbocycles. The largest absolute Gasteiger partial charge is 0.456 e. The van der Waals surface area contributed by atoms with Gasteiger partial charge in [-0.1, -0.05) is 42.5 Å². The van der Waals surface area contributed by atoms with Crippen molar-refractivity contribution in [3.05, 3.63) is 92.6 Å². The van der Waals surface area contributed by atoms with Crippen molar-refractivity contribution in [3.63, 3.8) is 0 Å². The number of esters is 1. The van der Waals surface area contributed by atoms with Gasteiger partial charge in [-0.3, -0.25) is 0 Å². The van der Waals surface area contributed by atoms with Crippen LogP contribution in [0.1, 0.15) is 27.0 Å². The Hall–Kier alpha value is -2.34. The summed E-state index contributed by atoms with van der Waals surface area (Å²) in [6.45, 7) is 0. The number of carbonyl (C=O) groups excluding carboxylic acids is 1.